The fraction of sp³-hybridized carbons (Fsp3) is 0.833. The first-order valence-corrected chi connectivity index (χ1v) is 4.06. The molecule has 0 unspecified atom stereocenters. The maximum atomic E-state index is 12.4. The molecule has 2 atom stereocenters. The molecule has 1 radical (unpaired) electrons. The monoisotopic (exact) mass is 447 g/mol. The minimum absolute atomic E-state index is 0. The summed E-state index contributed by atoms with van der Waals surface area (Å²) in [5, 5.41) is 11.4. The molecule has 81 valence electrons. The zero-order valence-electron chi connectivity index (χ0n) is 6.43. The summed E-state index contributed by atoms with van der Waals surface area (Å²) in [6.07, 6.45) is -0.457. The van der Waals surface area contributed by atoms with Crippen LogP contribution in [0.4, 0.5) is 8.78 Å². The van der Waals surface area contributed by atoms with Gasteiger partial charge in [-0.05, 0) is 6.42 Å². The molecule has 0 bridgehead atoms. The average Bonchev–Trinajstić information content (AvgIpc) is 2.11. The number of rotatable bonds is 1. The van der Waals surface area contributed by atoms with E-state index in [2.05, 4.69) is 5.32 Å². The van der Waals surface area contributed by atoms with E-state index in [1.165, 1.54) is 0 Å². The van der Waals surface area contributed by atoms with E-state index in [9.17, 15) is 8.78 Å². The van der Waals surface area contributed by atoms with Crippen LogP contribution in [0.1, 0.15) is 6.42 Å². The van der Waals surface area contributed by atoms with Crippen LogP contribution in [-0.4, -0.2) is 27.7 Å². The van der Waals surface area contributed by atoms with Crippen molar-refractivity contribution >= 4 is 22.6 Å². The summed E-state index contributed by atoms with van der Waals surface area (Å²) in [7, 11) is 0. The minimum atomic E-state index is -2.74. The number of hydrogen-bond acceptors (Lipinski definition) is 2. The Morgan fingerprint density at radius 1 is 1.50 bits per heavy atom. The normalized spacial score (nSPS) is 29.0. The van der Waals surface area contributed by atoms with Crippen molar-refractivity contribution in [2.75, 3.05) is 6.54 Å². The number of hydrogen-bond donors (Lipinski definition) is 2. The number of aliphatic hydroxyl groups excluding tert-OH is 1. The summed E-state index contributed by atoms with van der Waals surface area (Å²) < 4.78 is 22.1. The smallest absolute Gasteiger partial charge is 0.311 e. The van der Waals surface area contributed by atoms with Crippen LogP contribution in [0.2, 0.25) is 0 Å². The maximum Gasteiger partial charge on any atom is 0.311 e. The van der Waals surface area contributed by atoms with Gasteiger partial charge in [0, 0.05) is 66.0 Å². The third-order valence-electron chi connectivity index (χ3n) is 1.50. The van der Waals surface area contributed by atoms with Crippen molar-refractivity contribution in [3.8, 4) is 0 Å². The van der Waals surface area contributed by atoms with Crippen molar-refractivity contribution in [1.29, 1.82) is 0 Å². The summed E-state index contributed by atoms with van der Waals surface area (Å²) in [5.41, 5.74) is 0. The second-order valence-corrected chi connectivity index (χ2v) is 3.83. The standard InChI is InChI=1S/C5H8F2INO.CH3.Tm/c6-5(7,8)4-1-3(10)2-9-4;;/h3-4,9-10H,1-2H2;1H3;/q;-1;/t3-,4+;;/m1../s1. The summed E-state index contributed by atoms with van der Waals surface area (Å²) in [6.45, 7) is 0.281. The molecule has 0 aliphatic carbocycles. The molecule has 1 aliphatic rings. The Morgan fingerprint density at radius 3 is 2.17 bits per heavy atom. The Hall–Kier alpha value is 1.74. The van der Waals surface area contributed by atoms with Crippen LogP contribution < -0.4 is 5.32 Å². The molecule has 1 rings (SSSR count). The van der Waals surface area contributed by atoms with Gasteiger partial charge in [0.05, 0.1) is 12.1 Å². The van der Waals surface area contributed by atoms with Gasteiger partial charge in [0.2, 0.25) is 0 Å². The fourth-order valence-electron chi connectivity index (χ4n) is 0.966. The van der Waals surface area contributed by atoms with Gasteiger partial charge in [-0.25, -0.2) is 0 Å². The van der Waals surface area contributed by atoms with Gasteiger partial charge >= 0.3 is 3.93 Å². The summed E-state index contributed by atoms with van der Waals surface area (Å²) in [6, 6.07) is -0.858. The Balaban J connectivity index is 0. The fourth-order valence-corrected chi connectivity index (χ4v) is 1.44. The molecular weight excluding hydrogens is 436 g/mol. The van der Waals surface area contributed by atoms with Crippen LogP contribution in [0.15, 0.2) is 0 Å². The van der Waals surface area contributed by atoms with Crippen LogP contribution in [-0.2, 0) is 0 Å². The van der Waals surface area contributed by atoms with Gasteiger partial charge in [0.15, 0.2) is 0 Å². The van der Waals surface area contributed by atoms with Gasteiger partial charge in [-0.2, -0.15) is 8.78 Å². The predicted molar refractivity (Wildman–Crippen MR) is 47.8 cm³/mol. The molecule has 0 aromatic rings. The first kappa shape index (κ1) is 16.2. The molecular formula is C6H11F2INOTm-. The minimum Gasteiger partial charge on any atom is -0.392 e. The van der Waals surface area contributed by atoms with Gasteiger partial charge in [-0.1, -0.05) is 0 Å². The predicted octanol–water partition coefficient (Wildman–Crippen LogP) is 1.19. The molecule has 0 aromatic heterocycles. The Labute approximate surface area is 114 Å². The second kappa shape index (κ2) is 6.27. The van der Waals surface area contributed by atoms with Crippen LogP contribution >= 0.6 is 22.6 Å². The van der Waals surface area contributed by atoms with Crippen molar-refractivity contribution in [1.82, 2.24) is 5.32 Å². The average molecular weight is 447 g/mol. The summed E-state index contributed by atoms with van der Waals surface area (Å²) in [5.74, 6) is 0. The van der Waals surface area contributed by atoms with Gasteiger partial charge in [-0.15, -0.1) is 0 Å². The van der Waals surface area contributed by atoms with Crippen LogP contribution in [0, 0.1) is 44.3 Å². The van der Waals surface area contributed by atoms with E-state index in [0.29, 0.717) is 0 Å². The van der Waals surface area contributed by atoms with Crippen molar-refractivity contribution in [2.24, 2.45) is 0 Å². The van der Waals surface area contributed by atoms with Crippen LogP contribution in [0.5, 0.6) is 0 Å². The third-order valence-corrected chi connectivity index (χ3v) is 2.25. The first-order valence-electron chi connectivity index (χ1n) is 2.98. The van der Waals surface area contributed by atoms with E-state index in [-0.39, 0.29) is 57.3 Å². The zero-order chi connectivity index (χ0) is 7.78. The Bertz CT molecular complexity index is 133. The van der Waals surface area contributed by atoms with E-state index in [1.54, 1.807) is 0 Å². The third kappa shape index (κ3) is 4.84. The van der Waals surface area contributed by atoms with Crippen molar-refractivity contribution in [3.63, 3.8) is 0 Å². The van der Waals surface area contributed by atoms with Gasteiger partial charge < -0.3 is 17.8 Å². The van der Waals surface area contributed by atoms with Gasteiger partial charge in [0.25, 0.3) is 0 Å². The van der Waals surface area contributed by atoms with E-state index < -0.39 is 16.1 Å². The van der Waals surface area contributed by atoms with Crippen molar-refractivity contribution in [2.45, 2.75) is 22.5 Å². The quantitative estimate of drug-likeness (QED) is 0.360. The van der Waals surface area contributed by atoms with E-state index in [4.69, 9.17) is 5.11 Å². The van der Waals surface area contributed by atoms with Crippen LogP contribution in [0.3, 0.4) is 0 Å². The summed E-state index contributed by atoms with van der Waals surface area (Å²) in [4.78, 5) is 0. The molecule has 1 aliphatic heterocycles. The molecule has 2 nitrogen and oxygen atoms in total. The molecule has 1 saturated heterocycles. The molecule has 1 heterocycles. The van der Waals surface area contributed by atoms with E-state index in [0.717, 1.165) is 22.6 Å². The molecule has 0 spiro atoms. The number of nitrogens with one attached hydrogen (secondary N) is 1. The van der Waals surface area contributed by atoms with Crippen molar-refractivity contribution in [3.05, 3.63) is 7.43 Å². The molecule has 0 aromatic carbocycles. The first-order chi connectivity index (χ1) is 4.50. The van der Waals surface area contributed by atoms with Crippen molar-refractivity contribution < 1.29 is 50.8 Å². The molecule has 2 N–H and O–H groups in total. The molecule has 0 amide bonds. The van der Waals surface area contributed by atoms with E-state index in [1.807, 2.05) is 0 Å². The number of aliphatic hydroxyl groups is 1. The number of halogens is 3. The molecule has 0 saturated carbocycles. The second-order valence-electron chi connectivity index (χ2n) is 2.39. The number of β-amino-alcohol motifs (C(OH)–C–C–N with tert-alkyl or cyclic N) is 1. The van der Waals surface area contributed by atoms with Gasteiger partial charge in [0.1, 0.15) is 0 Å². The number of alkyl halides is 3. The largest absolute Gasteiger partial charge is 0.392 e. The molecule has 1 fully saturated rings. The maximum absolute atomic E-state index is 12.4. The van der Waals surface area contributed by atoms with Crippen LogP contribution in [0.25, 0.3) is 0 Å². The van der Waals surface area contributed by atoms with Gasteiger partial charge in [-0.3, -0.25) is 0 Å². The SMILES string of the molecule is O[C@H]1CN[C@H](C(F)(F)I)C1.[CH3-].[Tm]. The topological polar surface area (TPSA) is 32.3 Å². The molecule has 12 heavy (non-hydrogen) atoms. The molecule has 6 heteroatoms. The Morgan fingerprint density at radius 2 is 2.00 bits per heavy atom. The Kier molecular flexibility index (Phi) is 8.45. The summed E-state index contributed by atoms with van der Waals surface area (Å²) >= 11 is 1.08. The zero-order valence-corrected chi connectivity index (χ0v) is 10.4. The van der Waals surface area contributed by atoms with E-state index >= 15 is 0 Å².